The van der Waals surface area contributed by atoms with E-state index in [4.69, 9.17) is 0 Å². The molecule has 5 atom stereocenters. The molecule has 2 N–H and O–H groups in total. The van der Waals surface area contributed by atoms with Crippen molar-refractivity contribution in [2.75, 3.05) is 0 Å². The molecule has 0 aliphatic heterocycles. The second kappa shape index (κ2) is 11.0. The molecule has 2 fully saturated rings. The van der Waals surface area contributed by atoms with Crippen LogP contribution in [0.3, 0.4) is 0 Å². The molecule has 0 radical (unpaired) electrons. The van der Waals surface area contributed by atoms with Crippen LogP contribution in [0.5, 0.6) is 0 Å². The Kier molecular flexibility index (Phi) is 9.45. The summed E-state index contributed by atoms with van der Waals surface area (Å²) in [4.78, 5) is 0. The van der Waals surface area contributed by atoms with Crippen molar-refractivity contribution in [1.29, 1.82) is 0 Å². The molecule has 2 aliphatic carbocycles. The van der Waals surface area contributed by atoms with E-state index >= 15 is 0 Å². The van der Waals surface area contributed by atoms with Gasteiger partial charge in [0.2, 0.25) is 0 Å². The molecular weight excluding hydrogens is 392 g/mol. The normalized spacial score (nSPS) is 35.4. The molecule has 0 aromatic rings. The highest BCUT2D eigenvalue weighted by molar-refractivity contribution is 5.10. The van der Waals surface area contributed by atoms with Crippen LogP contribution < -0.4 is 0 Å². The van der Waals surface area contributed by atoms with Gasteiger partial charge in [-0.2, -0.15) is 0 Å². The van der Waals surface area contributed by atoms with Crippen molar-refractivity contribution in [2.24, 2.45) is 22.7 Å². The third-order valence-corrected chi connectivity index (χ3v) is 9.07. The predicted octanol–water partition coefficient (Wildman–Crippen LogP) is 8.15. The van der Waals surface area contributed by atoms with E-state index in [2.05, 4.69) is 73.6 Å². The summed E-state index contributed by atoms with van der Waals surface area (Å²) < 4.78 is 0. The molecule has 2 nitrogen and oxygen atoms in total. The first-order valence-corrected chi connectivity index (χ1v) is 13.2. The molecule has 0 aromatic carbocycles. The number of hydrogen-bond acceptors (Lipinski definition) is 2. The van der Waals surface area contributed by atoms with Crippen LogP contribution in [0.1, 0.15) is 120 Å². The molecule has 2 heteroatoms. The number of fused-ring (bicyclic) bond motifs is 1. The van der Waals surface area contributed by atoms with Crippen molar-refractivity contribution in [3.05, 3.63) is 34.9 Å². The molecule has 184 valence electrons. The van der Waals surface area contributed by atoms with Gasteiger partial charge in [0.05, 0.1) is 11.7 Å². The van der Waals surface area contributed by atoms with Crippen molar-refractivity contribution in [3.63, 3.8) is 0 Å². The fourth-order valence-electron chi connectivity index (χ4n) is 6.99. The molecule has 2 rings (SSSR count). The summed E-state index contributed by atoms with van der Waals surface area (Å²) in [5.41, 5.74) is 3.81. The summed E-state index contributed by atoms with van der Waals surface area (Å²) >= 11 is 0. The predicted molar refractivity (Wildman–Crippen MR) is 139 cm³/mol. The highest BCUT2D eigenvalue weighted by Gasteiger charge is 2.59. The van der Waals surface area contributed by atoms with E-state index in [1.54, 1.807) is 0 Å². The molecule has 0 bridgehead atoms. The molecule has 0 aromatic heterocycles. The molecule has 0 saturated heterocycles. The van der Waals surface area contributed by atoms with Gasteiger partial charge >= 0.3 is 0 Å². The van der Waals surface area contributed by atoms with Gasteiger partial charge in [-0.1, -0.05) is 55.7 Å². The molecule has 0 amide bonds. The molecule has 2 aliphatic rings. The van der Waals surface area contributed by atoms with Crippen molar-refractivity contribution in [2.45, 2.75) is 131 Å². The Bertz CT molecular complexity index is 704. The van der Waals surface area contributed by atoms with E-state index < -0.39 is 5.60 Å². The Balaban J connectivity index is 1.94. The monoisotopic (exact) mass is 444 g/mol. The number of allylic oxidation sites excluding steroid dienone is 6. The molecule has 1 unspecified atom stereocenters. The summed E-state index contributed by atoms with van der Waals surface area (Å²) in [5, 5.41) is 22.0. The first-order chi connectivity index (χ1) is 14.8. The highest BCUT2D eigenvalue weighted by atomic mass is 16.3. The summed E-state index contributed by atoms with van der Waals surface area (Å²) in [6.45, 7) is 17.8. The summed E-state index contributed by atoms with van der Waals surface area (Å²) in [6.07, 6.45) is 17.3. The Labute approximate surface area is 199 Å². The van der Waals surface area contributed by atoms with Crippen LogP contribution in [0.25, 0.3) is 0 Å². The number of aliphatic hydroxyl groups excluding tert-OH is 1. The average molecular weight is 445 g/mol. The van der Waals surface area contributed by atoms with Gasteiger partial charge in [-0.15, -0.1) is 0 Å². The second-order valence-corrected chi connectivity index (χ2v) is 12.4. The second-order valence-electron chi connectivity index (χ2n) is 12.4. The number of rotatable bonds is 9. The zero-order chi connectivity index (χ0) is 24.2. The maximum atomic E-state index is 11.4. The maximum Gasteiger partial charge on any atom is 0.0653 e. The fraction of sp³-hybridized carbons (Fsp3) is 0.800. The van der Waals surface area contributed by atoms with Crippen LogP contribution >= 0.6 is 0 Å². The van der Waals surface area contributed by atoms with Gasteiger partial charge in [0, 0.05) is 0 Å². The Morgan fingerprint density at radius 1 is 0.812 bits per heavy atom. The van der Waals surface area contributed by atoms with Crippen molar-refractivity contribution >= 4 is 0 Å². The lowest BCUT2D eigenvalue weighted by molar-refractivity contribution is -0.195. The van der Waals surface area contributed by atoms with Crippen LogP contribution in [0, 0.1) is 22.7 Å². The van der Waals surface area contributed by atoms with E-state index in [-0.39, 0.29) is 16.9 Å². The summed E-state index contributed by atoms with van der Waals surface area (Å²) in [5.74, 6) is 0.773. The Morgan fingerprint density at radius 2 is 1.38 bits per heavy atom. The van der Waals surface area contributed by atoms with E-state index in [1.807, 2.05) is 0 Å². The molecule has 0 heterocycles. The largest absolute Gasteiger partial charge is 0.393 e. The molecule has 0 spiro atoms. The number of hydrogen-bond donors (Lipinski definition) is 2. The minimum Gasteiger partial charge on any atom is -0.393 e. The van der Waals surface area contributed by atoms with E-state index in [0.29, 0.717) is 11.8 Å². The molecule has 32 heavy (non-hydrogen) atoms. The lowest BCUT2D eigenvalue weighted by atomic mass is 9.44. The first-order valence-electron chi connectivity index (χ1n) is 13.2. The van der Waals surface area contributed by atoms with Gasteiger partial charge < -0.3 is 10.2 Å². The van der Waals surface area contributed by atoms with Gasteiger partial charge in [-0.3, -0.25) is 0 Å². The lowest BCUT2D eigenvalue weighted by Crippen LogP contribution is -2.60. The highest BCUT2D eigenvalue weighted by Crippen LogP contribution is 2.62. The fourth-order valence-corrected chi connectivity index (χ4v) is 6.99. The minimum absolute atomic E-state index is 0.0662. The van der Waals surface area contributed by atoms with Crippen LogP contribution in [0.4, 0.5) is 0 Å². The molecular formula is C30H52O2. The topological polar surface area (TPSA) is 40.5 Å². The SMILES string of the molecule is CC(C)=CCCC(C)=CCCC(C)=CCC[C@@H]1[C@@]2(C)CCC(O)C(C)(C)[C@@H]2CC[C@@]1(C)O. The smallest absolute Gasteiger partial charge is 0.0653 e. The third kappa shape index (κ3) is 6.60. The van der Waals surface area contributed by atoms with Gasteiger partial charge in [-0.25, -0.2) is 0 Å². The number of aliphatic hydroxyl groups is 2. The molecule has 2 saturated carbocycles. The average Bonchev–Trinajstić information content (AvgIpc) is 2.67. The van der Waals surface area contributed by atoms with Gasteiger partial charge in [0.1, 0.15) is 0 Å². The quantitative estimate of drug-likeness (QED) is 0.352. The van der Waals surface area contributed by atoms with E-state index in [0.717, 1.165) is 64.2 Å². The van der Waals surface area contributed by atoms with Crippen molar-refractivity contribution < 1.29 is 10.2 Å². The van der Waals surface area contributed by atoms with Gasteiger partial charge in [0.15, 0.2) is 0 Å². The standard InChI is InChI=1S/C30H52O2/c1-22(2)12-9-13-23(3)14-10-15-24(4)16-11-17-26-29(7)20-19-27(31)28(5,6)25(29)18-21-30(26,8)32/h12,14,16,25-27,31-32H,9-11,13,15,17-21H2,1-8H3/t25-,26+,27?,29-,30+/m0/s1. The lowest BCUT2D eigenvalue weighted by Gasteiger charge is -2.62. The first kappa shape index (κ1) is 27.4. The van der Waals surface area contributed by atoms with Crippen LogP contribution in [-0.4, -0.2) is 21.9 Å². The Hall–Kier alpha value is -0.860. The van der Waals surface area contributed by atoms with Crippen LogP contribution in [0.2, 0.25) is 0 Å². The Morgan fingerprint density at radius 3 is 1.97 bits per heavy atom. The van der Waals surface area contributed by atoms with Crippen molar-refractivity contribution in [3.8, 4) is 0 Å². The minimum atomic E-state index is -0.601. The van der Waals surface area contributed by atoms with Crippen LogP contribution in [0.15, 0.2) is 34.9 Å². The van der Waals surface area contributed by atoms with Crippen molar-refractivity contribution in [1.82, 2.24) is 0 Å². The van der Waals surface area contributed by atoms with Gasteiger partial charge in [0.25, 0.3) is 0 Å². The van der Waals surface area contributed by atoms with E-state index in [9.17, 15) is 10.2 Å². The maximum absolute atomic E-state index is 11.4. The van der Waals surface area contributed by atoms with Crippen LogP contribution in [-0.2, 0) is 0 Å². The van der Waals surface area contributed by atoms with E-state index in [1.165, 1.54) is 16.7 Å². The zero-order valence-corrected chi connectivity index (χ0v) is 22.4. The summed E-state index contributed by atoms with van der Waals surface area (Å²) in [6, 6.07) is 0. The summed E-state index contributed by atoms with van der Waals surface area (Å²) in [7, 11) is 0. The van der Waals surface area contributed by atoms with Gasteiger partial charge in [-0.05, 0) is 121 Å². The third-order valence-electron chi connectivity index (χ3n) is 9.07. The zero-order valence-electron chi connectivity index (χ0n) is 22.4.